The highest BCUT2D eigenvalue weighted by Gasteiger charge is 2.32. The number of rotatable bonds is 14. The molecule has 8 rings (SSSR count). The van der Waals surface area contributed by atoms with Gasteiger partial charge in [-0.05, 0) is 49.7 Å². The fourth-order valence-corrected chi connectivity index (χ4v) is 14.0. The summed E-state index contributed by atoms with van der Waals surface area (Å²) in [7, 11) is 0. The zero-order valence-corrected chi connectivity index (χ0v) is 33.1. The average molecular weight is 747 g/mol. The summed E-state index contributed by atoms with van der Waals surface area (Å²) >= 11 is 8.28. The van der Waals surface area contributed by atoms with Crippen LogP contribution in [0.5, 0.6) is 0 Å². The van der Waals surface area contributed by atoms with Gasteiger partial charge >= 0.3 is 0 Å². The van der Waals surface area contributed by atoms with Gasteiger partial charge in [0.25, 0.3) is 0 Å². The van der Waals surface area contributed by atoms with E-state index >= 15 is 0 Å². The smallest absolute Gasteiger partial charge is 0.160 e. The van der Waals surface area contributed by atoms with Crippen molar-refractivity contribution in [3.8, 4) is 0 Å². The lowest BCUT2D eigenvalue weighted by Gasteiger charge is -2.20. The van der Waals surface area contributed by atoms with Crippen molar-refractivity contribution in [3.63, 3.8) is 0 Å². The van der Waals surface area contributed by atoms with Gasteiger partial charge in [-0.15, -0.1) is 45.3 Å². The Hall–Kier alpha value is -2.70. The number of nitrogens with zero attached hydrogens (tertiary/aromatic N) is 4. The molecule has 0 bridgehead atoms. The first-order chi connectivity index (χ1) is 23.9. The van der Waals surface area contributed by atoms with Crippen LogP contribution in [0, 0.1) is 25.7 Å². The van der Waals surface area contributed by atoms with Gasteiger partial charge in [0.15, 0.2) is 12.6 Å². The molecule has 256 valence electrons. The number of thiophene rings is 4. The zero-order valence-electron chi connectivity index (χ0n) is 29.0. The maximum Gasteiger partial charge on any atom is 0.160 e. The van der Waals surface area contributed by atoms with Gasteiger partial charge < -0.3 is 9.13 Å². The Balaban J connectivity index is 1.59. The number of fused-ring (bicyclic) bond motifs is 14. The standard InChI is InChI=1S/C38H42N4O2S5/c1-7-11-13-21(9-3)15-41-29-25(35-31(41)37-33(47-35)19(5)23(17-43)45-37)27-28(40-49-39-27)26-30(29)42(16-22(10-4)14-12-8-2)32-36(26)48-34-20(6)24(18-44)46-38(32)34/h17-18,21-22H,7-16H2,1-6H3. The average Bonchev–Trinajstić information content (AvgIpc) is 3.96. The molecule has 0 fully saturated rings. The Morgan fingerprint density at radius 2 is 1.02 bits per heavy atom. The van der Waals surface area contributed by atoms with Gasteiger partial charge in [-0.25, -0.2) is 0 Å². The van der Waals surface area contributed by atoms with Crippen molar-refractivity contribution in [2.24, 2.45) is 11.8 Å². The van der Waals surface area contributed by atoms with Crippen LogP contribution in [0.25, 0.3) is 72.1 Å². The summed E-state index contributed by atoms with van der Waals surface area (Å²) in [6.45, 7) is 15.3. The maximum atomic E-state index is 12.2. The predicted octanol–water partition coefficient (Wildman–Crippen LogP) is 13.1. The molecule has 0 aliphatic carbocycles. The minimum absolute atomic E-state index is 0.541. The minimum Gasteiger partial charge on any atom is -0.337 e. The molecule has 2 atom stereocenters. The molecule has 6 nitrogen and oxygen atoms in total. The van der Waals surface area contributed by atoms with Crippen molar-refractivity contribution in [3.05, 3.63) is 20.9 Å². The normalized spacial score (nSPS) is 13.9. The Kier molecular flexibility index (Phi) is 8.96. The number of carbonyl (C=O) groups is 2. The molecule has 49 heavy (non-hydrogen) atoms. The summed E-state index contributed by atoms with van der Waals surface area (Å²) in [6, 6.07) is 0. The lowest BCUT2D eigenvalue weighted by Crippen LogP contribution is -2.13. The fourth-order valence-electron chi connectivity index (χ4n) is 8.02. The van der Waals surface area contributed by atoms with Crippen LogP contribution in [0.1, 0.15) is 110 Å². The number of aldehydes is 2. The van der Waals surface area contributed by atoms with Crippen LogP contribution < -0.4 is 0 Å². The third kappa shape index (κ3) is 4.93. The third-order valence-electron chi connectivity index (χ3n) is 10.9. The molecule has 7 aromatic heterocycles. The van der Waals surface area contributed by atoms with Gasteiger partial charge in [0.1, 0.15) is 11.0 Å². The van der Waals surface area contributed by atoms with Gasteiger partial charge in [0, 0.05) is 23.9 Å². The van der Waals surface area contributed by atoms with E-state index in [1.165, 1.54) is 111 Å². The number of unbranched alkanes of at least 4 members (excludes halogenated alkanes) is 2. The summed E-state index contributed by atoms with van der Waals surface area (Å²) in [5, 5.41) is 2.44. The molecular weight excluding hydrogens is 705 g/mol. The number of carbonyl (C=O) groups excluding carboxylic acids is 2. The van der Waals surface area contributed by atoms with Crippen molar-refractivity contribution in [2.75, 3.05) is 0 Å². The van der Waals surface area contributed by atoms with E-state index in [9.17, 15) is 9.59 Å². The van der Waals surface area contributed by atoms with Crippen LogP contribution in [0.2, 0.25) is 0 Å². The highest BCUT2D eigenvalue weighted by atomic mass is 32.1. The first-order valence-corrected chi connectivity index (χ1v) is 21.8. The second kappa shape index (κ2) is 13.1. The van der Waals surface area contributed by atoms with Crippen LogP contribution in [0.15, 0.2) is 0 Å². The first kappa shape index (κ1) is 33.4. The van der Waals surface area contributed by atoms with E-state index < -0.39 is 0 Å². The topological polar surface area (TPSA) is 69.8 Å². The maximum absolute atomic E-state index is 12.2. The fraction of sp³-hybridized carbons (Fsp3) is 0.474. The lowest BCUT2D eigenvalue weighted by atomic mass is 9.99. The molecule has 0 radical (unpaired) electrons. The van der Waals surface area contributed by atoms with Crippen molar-refractivity contribution < 1.29 is 9.59 Å². The second-order valence-corrected chi connectivity index (χ2v) is 18.4. The van der Waals surface area contributed by atoms with E-state index in [1.54, 1.807) is 22.7 Å². The van der Waals surface area contributed by atoms with Crippen molar-refractivity contribution in [1.29, 1.82) is 0 Å². The van der Waals surface area contributed by atoms with Crippen molar-refractivity contribution >= 4 is 142 Å². The Morgan fingerprint density at radius 1 is 0.592 bits per heavy atom. The second-order valence-electron chi connectivity index (χ2n) is 13.8. The Labute approximate surface area is 306 Å². The molecule has 0 aliphatic rings. The highest BCUT2D eigenvalue weighted by Crippen LogP contribution is 2.54. The number of aryl methyl sites for hydroxylation is 2. The molecule has 0 spiro atoms. The highest BCUT2D eigenvalue weighted by molar-refractivity contribution is 7.35. The quantitative estimate of drug-likeness (QED) is 0.104. The molecule has 0 saturated heterocycles. The van der Waals surface area contributed by atoms with E-state index in [-0.39, 0.29) is 0 Å². The van der Waals surface area contributed by atoms with Crippen LogP contribution in [-0.4, -0.2) is 30.5 Å². The van der Waals surface area contributed by atoms with Crippen molar-refractivity contribution in [2.45, 2.75) is 106 Å². The summed E-state index contributed by atoms with van der Waals surface area (Å²) in [6.07, 6.45) is 11.5. The van der Waals surface area contributed by atoms with E-state index in [2.05, 4.69) is 50.7 Å². The SMILES string of the molecule is CCCCC(CC)Cn1c2c3sc(C=O)c(C)c3sc2c2c3nsnc3c3c4sc5c(C)c(C=O)sc5c4n(CC(CC)CCCC)c3c21. The molecule has 7 heterocycles. The minimum atomic E-state index is 0.541. The van der Waals surface area contributed by atoms with Gasteiger partial charge in [-0.3, -0.25) is 9.59 Å². The summed E-state index contributed by atoms with van der Waals surface area (Å²) in [5.41, 5.74) is 9.27. The zero-order chi connectivity index (χ0) is 34.1. The monoisotopic (exact) mass is 746 g/mol. The van der Waals surface area contributed by atoms with Crippen LogP contribution in [0.4, 0.5) is 0 Å². The summed E-state index contributed by atoms with van der Waals surface area (Å²) in [5.74, 6) is 1.08. The van der Waals surface area contributed by atoms with E-state index in [0.717, 1.165) is 70.4 Å². The number of aromatic nitrogens is 4. The lowest BCUT2D eigenvalue weighted by molar-refractivity contribution is 0.111. The molecule has 8 aromatic rings. The molecule has 0 amide bonds. The van der Waals surface area contributed by atoms with E-state index in [1.807, 2.05) is 22.7 Å². The van der Waals surface area contributed by atoms with Gasteiger partial charge in [0.05, 0.1) is 71.7 Å². The van der Waals surface area contributed by atoms with Gasteiger partial charge in [-0.1, -0.05) is 66.2 Å². The molecule has 0 N–H and O–H groups in total. The van der Waals surface area contributed by atoms with Gasteiger partial charge in [-0.2, -0.15) is 8.75 Å². The van der Waals surface area contributed by atoms with Gasteiger partial charge in [0.2, 0.25) is 0 Å². The van der Waals surface area contributed by atoms with Crippen LogP contribution >= 0.6 is 57.1 Å². The third-order valence-corrected chi connectivity index (χ3v) is 16.8. The Morgan fingerprint density at radius 3 is 1.39 bits per heavy atom. The summed E-state index contributed by atoms with van der Waals surface area (Å²) in [4.78, 5) is 26.0. The van der Waals surface area contributed by atoms with Crippen LogP contribution in [0.3, 0.4) is 0 Å². The molecule has 0 saturated carbocycles. The molecule has 0 aliphatic heterocycles. The van der Waals surface area contributed by atoms with Crippen molar-refractivity contribution in [1.82, 2.24) is 17.9 Å². The molecular formula is C38H42N4O2S5. The van der Waals surface area contributed by atoms with E-state index in [0.29, 0.717) is 11.8 Å². The van der Waals surface area contributed by atoms with E-state index in [4.69, 9.17) is 8.75 Å². The largest absolute Gasteiger partial charge is 0.337 e. The predicted molar refractivity (Wildman–Crippen MR) is 217 cm³/mol. The Bertz CT molecular complexity index is 2370. The first-order valence-electron chi connectivity index (χ1n) is 17.8. The number of benzene rings is 1. The molecule has 2 unspecified atom stereocenters. The molecule has 1 aromatic carbocycles. The number of hydrogen-bond acceptors (Lipinski definition) is 9. The summed E-state index contributed by atoms with van der Waals surface area (Å²) < 4.78 is 22.9. The van der Waals surface area contributed by atoms with Crippen LogP contribution in [-0.2, 0) is 13.1 Å². The molecule has 11 heteroatoms. The number of hydrogen-bond donors (Lipinski definition) is 0.